The number of benzene rings is 2. The highest BCUT2D eigenvalue weighted by atomic mass is 32.1. The molecule has 0 saturated carbocycles. The van der Waals surface area contributed by atoms with E-state index < -0.39 is 6.09 Å². The van der Waals surface area contributed by atoms with E-state index in [2.05, 4.69) is 34.6 Å². The van der Waals surface area contributed by atoms with E-state index >= 15 is 0 Å². The first-order valence-corrected chi connectivity index (χ1v) is 11.0. The Morgan fingerprint density at radius 3 is 2.69 bits per heavy atom. The van der Waals surface area contributed by atoms with Crippen molar-refractivity contribution in [2.75, 3.05) is 12.4 Å². The van der Waals surface area contributed by atoms with Crippen LogP contribution in [-0.2, 0) is 6.54 Å². The van der Waals surface area contributed by atoms with E-state index in [0.29, 0.717) is 12.4 Å². The molecular formula is C24H24N4O3S. The fourth-order valence-electron chi connectivity index (χ4n) is 3.61. The number of hydrogen-bond donors (Lipinski definition) is 3. The van der Waals surface area contributed by atoms with E-state index in [9.17, 15) is 15.0 Å². The molecule has 2 aromatic heterocycles. The van der Waals surface area contributed by atoms with Gasteiger partial charge in [0.15, 0.2) is 5.82 Å². The van der Waals surface area contributed by atoms with Crippen molar-refractivity contribution in [2.24, 2.45) is 0 Å². The topological polar surface area (TPSA) is 98.6 Å². The molecule has 4 aromatic rings. The second-order valence-electron chi connectivity index (χ2n) is 7.73. The van der Waals surface area contributed by atoms with Crippen LogP contribution in [0.1, 0.15) is 29.1 Å². The van der Waals surface area contributed by atoms with Gasteiger partial charge in [-0.25, -0.2) is 4.79 Å². The van der Waals surface area contributed by atoms with Crippen LogP contribution in [0.15, 0.2) is 54.6 Å². The van der Waals surface area contributed by atoms with E-state index in [4.69, 9.17) is 0 Å². The molecule has 2 heterocycles. The largest absolute Gasteiger partial charge is 0.508 e. The highest BCUT2D eigenvalue weighted by Gasteiger charge is 2.16. The summed E-state index contributed by atoms with van der Waals surface area (Å²) >= 11 is 1.65. The Kier molecular flexibility index (Phi) is 5.96. The van der Waals surface area contributed by atoms with Gasteiger partial charge in [-0.3, -0.25) is 0 Å². The Morgan fingerprint density at radius 2 is 1.91 bits per heavy atom. The first-order valence-electron chi connectivity index (χ1n) is 10.2. The van der Waals surface area contributed by atoms with Gasteiger partial charge in [-0.05, 0) is 55.3 Å². The second-order valence-corrected chi connectivity index (χ2v) is 8.84. The van der Waals surface area contributed by atoms with Crippen LogP contribution in [0.5, 0.6) is 5.75 Å². The van der Waals surface area contributed by atoms with Crippen molar-refractivity contribution >= 4 is 34.0 Å². The molecule has 8 heteroatoms. The van der Waals surface area contributed by atoms with Crippen molar-refractivity contribution in [3.63, 3.8) is 0 Å². The van der Waals surface area contributed by atoms with E-state index in [1.54, 1.807) is 30.5 Å². The SMILES string of the molecule is Cc1nnc(NC(C)c2ccc(-c3ccccc3CN(C)C(=O)O)s2)c2cc(O)ccc12. The quantitative estimate of drug-likeness (QED) is 0.352. The molecule has 0 aliphatic heterocycles. The first kappa shape index (κ1) is 21.6. The predicted molar refractivity (Wildman–Crippen MR) is 127 cm³/mol. The van der Waals surface area contributed by atoms with Gasteiger partial charge in [0.25, 0.3) is 0 Å². The Hall–Kier alpha value is -3.65. The van der Waals surface area contributed by atoms with E-state index in [1.165, 1.54) is 4.90 Å². The van der Waals surface area contributed by atoms with Crippen molar-refractivity contribution in [3.8, 4) is 16.2 Å². The number of aryl methyl sites for hydroxylation is 1. The molecule has 1 amide bonds. The fraction of sp³-hybridized carbons (Fsp3) is 0.208. The molecule has 4 rings (SSSR count). The van der Waals surface area contributed by atoms with Crippen molar-refractivity contribution in [1.29, 1.82) is 0 Å². The first-order chi connectivity index (χ1) is 15.3. The number of carboxylic acid groups (broad SMARTS) is 1. The van der Waals surface area contributed by atoms with Gasteiger partial charge in [0.05, 0.1) is 11.7 Å². The standard InChI is InChI=1S/C24H24N4O3S/c1-14-18-9-8-17(29)12-20(18)23(27-26-14)25-15(2)21-10-11-22(32-21)19-7-5-4-6-16(19)13-28(3)24(30)31/h4-12,15,29H,13H2,1-3H3,(H,25,27)(H,30,31). The van der Waals surface area contributed by atoms with Crippen molar-refractivity contribution < 1.29 is 15.0 Å². The minimum absolute atomic E-state index is 0.0369. The van der Waals surface area contributed by atoms with Crippen LogP contribution in [-0.4, -0.2) is 38.5 Å². The molecule has 7 nitrogen and oxygen atoms in total. The normalized spacial score (nSPS) is 12.0. The summed E-state index contributed by atoms with van der Waals surface area (Å²) in [7, 11) is 1.57. The third-order valence-electron chi connectivity index (χ3n) is 5.37. The number of fused-ring (bicyclic) bond motifs is 1. The number of carbonyl (C=O) groups is 1. The number of rotatable bonds is 6. The molecule has 0 bridgehead atoms. The number of nitrogens with one attached hydrogen (secondary N) is 1. The average molecular weight is 449 g/mol. The van der Waals surface area contributed by atoms with Gasteiger partial charge in [0.2, 0.25) is 0 Å². The number of phenols is 1. The third-order valence-corrected chi connectivity index (χ3v) is 6.67. The van der Waals surface area contributed by atoms with Gasteiger partial charge in [-0.2, -0.15) is 5.10 Å². The molecule has 1 unspecified atom stereocenters. The average Bonchev–Trinajstić information content (AvgIpc) is 3.26. The Labute approximate surface area is 190 Å². The molecule has 3 N–H and O–H groups in total. The van der Waals surface area contributed by atoms with E-state index in [1.807, 2.05) is 37.3 Å². The summed E-state index contributed by atoms with van der Waals surface area (Å²) in [6, 6.07) is 17.1. The zero-order valence-electron chi connectivity index (χ0n) is 18.0. The number of anilines is 1. The summed E-state index contributed by atoms with van der Waals surface area (Å²) in [6.07, 6.45) is -0.957. The van der Waals surface area contributed by atoms with Crippen LogP contribution in [0.2, 0.25) is 0 Å². The summed E-state index contributed by atoms with van der Waals surface area (Å²) in [6.45, 7) is 4.27. The lowest BCUT2D eigenvalue weighted by Gasteiger charge is -2.16. The van der Waals surface area contributed by atoms with Gasteiger partial charge in [-0.15, -0.1) is 16.4 Å². The lowest BCUT2D eigenvalue weighted by molar-refractivity contribution is 0.154. The van der Waals surface area contributed by atoms with Crippen LogP contribution in [0.4, 0.5) is 10.6 Å². The molecule has 0 fully saturated rings. The smallest absolute Gasteiger partial charge is 0.407 e. The minimum Gasteiger partial charge on any atom is -0.508 e. The monoisotopic (exact) mass is 448 g/mol. The van der Waals surface area contributed by atoms with Crippen molar-refractivity contribution in [3.05, 3.63) is 70.7 Å². The molecule has 0 spiro atoms. The van der Waals surface area contributed by atoms with Gasteiger partial charge < -0.3 is 20.4 Å². The zero-order valence-corrected chi connectivity index (χ0v) is 18.8. The summed E-state index contributed by atoms with van der Waals surface area (Å²) in [5.74, 6) is 0.800. The molecule has 0 aliphatic rings. The molecule has 32 heavy (non-hydrogen) atoms. The lowest BCUT2D eigenvalue weighted by Crippen LogP contribution is -2.24. The zero-order chi connectivity index (χ0) is 22.8. The second kappa shape index (κ2) is 8.84. The van der Waals surface area contributed by atoms with Crippen molar-refractivity contribution in [1.82, 2.24) is 15.1 Å². The number of amides is 1. The number of thiophene rings is 1. The molecule has 0 aliphatic carbocycles. The lowest BCUT2D eigenvalue weighted by atomic mass is 10.1. The molecular weight excluding hydrogens is 424 g/mol. The van der Waals surface area contributed by atoms with Crippen LogP contribution in [0.3, 0.4) is 0 Å². The predicted octanol–water partition coefficient (Wildman–Crippen LogP) is 5.66. The highest BCUT2D eigenvalue weighted by Crippen LogP contribution is 2.36. The molecule has 0 radical (unpaired) electrons. The van der Waals surface area contributed by atoms with Crippen molar-refractivity contribution in [2.45, 2.75) is 26.4 Å². The molecule has 0 saturated heterocycles. The summed E-state index contributed by atoms with van der Waals surface area (Å²) in [5.41, 5.74) is 2.78. The molecule has 164 valence electrons. The Morgan fingerprint density at radius 1 is 1.12 bits per heavy atom. The Balaban J connectivity index is 1.61. The fourth-order valence-corrected chi connectivity index (χ4v) is 4.68. The van der Waals surface area contributed by atoms with Gasteiger partial charge >= 0.3 is 6.09 Å². The number of aromatic hydroxyl groups is 1. The summed E-state index contributed by atoms with van der Waals surface area (Å²) in [4.78, 5) is 14.7. The van der Waals surface area contributed by atoms with Crippen LogP contribution in [0, 0.1) is 6.92 Å². The van der Waals surface area contributed by atoms with Crippen LogP contribution < -0.4 is 5.32 Å². The summed E-state index contributed by atoms with van der Waals surface area (Å²) < 4.78 is 0. The third kappa shape index (κ3) is 4.36. The number of nitrogens with zero attached hydrogens (tertiary/aromatic N) is 3. The molecule has 1 atom stereocenters. The maximum absolute atomic E-state index is 11.2. The number of aromatic nitrogens is 2. The van der Waals surface area contributed by atoms with Crippen LogP contribution in [0.25, 0.3) is 21.2 Å². The van der Waals surface area contributed by atoms with Gasteiger partial charge in [0.1, 0.15) is 5.75 Å². The number of phenolic OH excluding ortho intramolecular Hbond substituents is 1. The molecule has 2 aromatic carbocycles. The highest BCUT2D eigenvalue weighted by molar-refractivity contribution is 7.15. The Bertz CT molecular complexity index is 1290. The minimum atomic E-state index is -0.957. The summed E-state index contributed by atoms with van der Waals surface area (Å²) in [5, 5.41) is 32.9. The van der Waals surface area contributed by atoms with E-state index in [-0.39, 0.29) is 11.8 Å². The maximum Gasteiger partial charge on any atom is 0.407 e. The van der Waals surface area contributed by atoms with Crippen LogP contribution >= 0.6 is 11.3 Å². The van der Waals surface area contributed by atoms with Gasteiger partial charge in [0, 0.05) is 34.1 Å². The van der Waals surface area contributed by atoms with E-state index in [0.717, 1.165) is 37.3 Å². The maximum atomic E-state index is 11.2. The number of hydrogen-bond acceptors (Lipinski definition) is 6. The van der Waals surface area contributed by atoms with Gasteiger partial charge in [-0.1, -0.05) is 24.3 Å².